The maximum atomic E-state index is 12.8. The van der Waals surface area contributed by atoms with E-state index in [0.717, 1.165) is 61.5 Å². The minimum Gasteiger partial charge on any atom is -0.383 e. The van der Waals surface area contributed by atoms with E-state index in [1.54, 1.807) is 12.3 Å². The molecule has 0 saturated carbocycles. The van der Waals surface area contributed by atoms with Crippen LogP contribution in [0.1, 0.15) is 57.4 Å². The van der Waals surface area contributed by atoms with Gasteiger partial charge in [-0.25, -0.2) is 4.68 Å². The third-order valence-corrected chi connectivity index (χ3v) is 6.89. The van der Waals surface area contributed by atoms with Crippen LogP contribution in [0.5, 0.6) is 0 Å². The SMILES string of the molecule is CCCCCN/C(=C\n1[nH]c(N2CCC(C(N)=O)CC2)cc1=O)c1ccc(N2CCCC2=O)cc1. The lowest BCUT2D eigenvalue weighted by molar-refractivity contribution is -0.122. The van der Waals surface area contributed by atoms with E-state index in [0.29, 0.717) is 32.4 Å². The van der Waals surface area contributed by atoms with Crippen molar-refractivity contribution < 1.29 is 9.59 Å². The molecular formula is C26H36N6O3. The van der Waals surface area contributed by atoms with Crippen LogP contribution in [0, 0.1) is 5.92 Å². The van der Waals surface area contributed by atoms with Gasteiger partial charge in [-0.1, -0.05) is 31.9 Å². The number of anilines is 2. The molecule has 35 heavy (non-hydrogen) atoms. The van der Waals surface area contributed by atoms with Crippen LogP contribution in [-0.4, -0.2) is 47.8 Å². The number of carbonyl (C=O) groups is 2. The van der Waals surface area contributed by atoms with Crippen molar-refractivity contribution in [3.63, 3.8) is 0 Å². The zero-order valence-corrected chi connectivity index (χ0v) is 20.5. The van der Waals surface area contributed by atoms with Crippen LogP contribution in [0.3, 0.4) is 0 Å². The fourth-order valence-corrected chi connectivity index (χ4v) is 4.75. The Morgan fingerprint density at radius 1 is 1.14 bits per heavy atom. The lowest BCUT2D eigenvalue weighted by Gasteiger charge is -2.30. The highest BCUT2D eigenvalue weighted by Crippen LogP contribution is 2.24. The maximum absolute atomic E-state index is 12.8. The first-order valence-corrected chi connectivity index (χ1v) is 12.7. The van der Waals surface area contributed by atoms with E-state index in [1.165, 1.54) is 4.68 Å². The lowest BCUT2D eigenvalue weighted by Crippen LogP contribution is -2.38. The Morgan fingerprint density at radius 3 is 2.51 bits per heavy atom. The van der Waals surface area contributed by atoms with Gasteiger partial charge in [0.15, 0.2) is 0 Å². The molecule has 2 fully saturated rings. The Labute approximate surface area is 205 Å². The van der Waals surface area contributed by atoms with Gasteiger partial charge in [0.2, 0.25) is 11.8 Å². The average molecular weight is 481 g/mol. The fourth-order valence-electron chi connectivity index (χ4n) is 4.75. The molecule has 2 aliphatic rings. The second kappa shape index (κ2) is 11.3. The van der Waals surface area contributed by atoms with Crippen LogP contribution in [0.2, 0.25) is 0 Å². The summed E-state index contributed by atoms with van der Waals surface area (Å²) in [5.41, 5.74) is 7.98. The van der Waals surface area contributed by atoms with Gasteiger partial charge in [-0.3, -0.25) is 19.5 Å². The van der Waals surface area contributed by atoms with Gasteiger partial charge in [-0.15, -0.1) is 0 Å². The van der Waals surface area contributed by atoms with Crippen LogP contribution in [-0.2, 0) is 9.59 Å². The number of rotatable bonds is 10. The molecule has 3 heterocycles. The first-order chi connectivity index (χ1) is 17.0. The number of piperidine rings is 1. The van der Waals surface area contributed by atoms with E-state index in [9.17, 15) is 14.4 Å². The first-order valence-electron chi connectivity index (χ1n) is 12.7. The van der Waals surface area contributed by atoms with Crippen LogP contribution in [0.25, 0.3) is 11.9 Å². The summed E-state index contributed by atoms with van der Waals surface area (Å²) in [5.74, 6) is 0.550. The minimum atomic E-state index is -0.252. The Bertz CT molecular complexity index is 1110. The number of aromatic nitrogens is 2. The highest BCUT2D eigenvalue weighted by molar-refractivity contribution is 5.95. The number of nitrogens with one attached hydrogen (secondary N) is 2. The minimum absolute atomic E-state index is 0.0994. The van der Waals surface area contributed by atoms with Crippen molar-refractivity contribution in [1.82, 2.24) is 15.1 Å². The van der Waals surface area contributed by atoms with E-state index >= 15 is 0 Å². The van der Waals surface area contributed by atoms with Crippen molar-refractivity contribution in [3.05, 3.63) is 46.2 Å². The molecule has 9 heteroatoms. The van der Waals surface area contributed by atoms with Crippen molar-refractivity contribution in [2.75, 3.05) is 36.0 Å². The van der Waals surface area contributed by atoms with Crippen molar-refractivity contribution in [1.29, 1.82) is 0 Å². The van der Waals surface area contributed by atoms with Crippen molar-refractivity contribution in [3.8, 4) is 0 Å². The summed E-state index contributed by atoms with van der Waals surface area (Å²) >= 11 is 0. The summed E-state index contributed by atoms with van der Waals surface area (Å²) in [7, 11) is 0. The topological polar surface area (TPSA) is 116 Å². The third-order valence-electron chi connectivity index (χ3n) is 6.89. The smallest absolute Gasteiger partial charge is 0.272 e. The number of unbranched alkanes of at least 4 members (excludes halogenated alkanes) is 2. The number of hydrogen-bond donors (Lipinski definition) is 3. The van der Waals surface area contributed by atoms with E-state index in [-0.39, 0.29) is 23.3 Å². The monoisotopic (exact) mass is 480 g/mol. The molecule has 2 aromatic rings. The summed E-state index contributed by atoms with van der Waals surface area (Å²) < 4.78 is 1.50. The summed E-state index contributed by atoms with van der Waals surface area (Å²) in [6.45, 7) is 5.08. The van der Waals surface area contributed by atoms with Gasteiger partial charge in [-0.2, -0.15) is 0 Å². The summed E-state index contributed by atoms with van der Waals surface area (Å²) in [6.07, 6.45) is 7.96. The van der Waals surface area contributed by atoms with Gasteiger partial charge in [0.1, 0.15) is 5.82 Å². The molecule has 9 nitrogen and oxygen atoms in total. The second-order valence-corrected chi connectivity index (χ2v) is 9.39. The number of aromatic amines is 1. The molecule has 2 amide bonds. The number of nitrogens with two attached hydrogens (primary N) is 1. The summed E-state index contributed by atoms with van der Waals surface area (Å²) in [4.78, 5) is 40.2. The predicted octanol–water partition coefficient (Wildman–Crippen LogP) is 2.74. The standard InChI is InChI=1S/C26H36N6O3/c1-2-3-4-13-28-22(19-7-9-21(10-8-19)31-14-5-6-24(31)33)18-32-25(34)17-23(29-32)30-15-11-20(12-16-30)26(27)35/h7-10,17-18,20,28-29H,2-6,11-16H2,1H3,(H2,27,35)/b22-18-. The molecule has 188 valence electrons. The number of benzene rings is 1. The molecular weight excluding hydrogens is 444 g/mol. The lowest BCUT2D eigenvalue weighted by atomic mass is 9.96. The van der Waals surface area contributed by atoms with Crippen LogP contribution < -0.4 is 26.4 Å². The molecule has 1 aromatic carbocycles. The molecule has 0 atom stereocenters. The molecule has 0 spiro atoms. The summed E-state index contributed by atoms with van der Waals surface area (Å²) in [6, 6.07) is 9.50. The van der Waals surface area contributed by atoms with Gasteiger partial charge in [0, 0.05) is 50.3 Å². The Hall–Kier alpha value is -3.49. The van der Waals surface area contributed by atoms with Crippen LogP contribution in [0.4, 0.5) is 11.5 Å². The molecule has 2 aliphatic heterocycles. The van der Waals surface area contributed by atoms with E-state index in [2.05, 4.69) is 22.2 Å². The third kappa shape index (κ3) is 5.96. The number of primary amides is 1. The van der Waals surface area contributed by atoms with E-state index < -0.39 is 0 Å². The Morgan fingerprint density at radius 2 is 1.89 bits per heavy atom. The number of hydrogen-bond acceptors (Lipinski definition) is 5. The van der Waals surface area contributed by atoms with Gasteiger partial charge >= 0.3 is 0 Å². The van der Waals surface area contributed by atoms with Gasteiger partial charge < -0.3 is 20.9 Å². The molecule has 0 bridgehead atoms. The molecule has 0 radical (unpaired) electrons. The molecule has 0 unspecified atom stereocenters. The van der Waals surface area contributed by atoms with Crippen molar-refractivity contribution in [2.24, 2.45) is 11.7 Å². The van der Waals surface area contributed by atoms with Crippen molar-refractivity contribution >= 4 is 35.2 Å². The van der Waals surface area contributed by atoms with E-state index in [1.807, 2.05) is 29.2 Å². The van der Waals surface area contributed by atoms with Crippen LogP contribution in [0.15, 0.2) is 35.1 Å². The Balaban J connectivity index is 1.54. The predicted molar refractivity (Wildman–Crippen MR) is 139 cm³/mol. The first kappa shape index (κ1) is 24.6. The van der Waals surface area contributed by atoms with Gasteiger partial charge in [0.25, 0.3) is 5.56 Å². The number of H-pyrrole nitrogens is 1. The largest absolute Gasteiger partial charge is 0.383 e. The zero-order valence-electron chi connectivity index (χ0n) is 20.5. The normalized spacial score (nSPS) is 17.3. The number of amides is 2. The maximum Gasteiger partial charge on any atom is 0.272 e. The Kier molecular flexibility index (Phi) is 7.94. The van der Waals surface area contributed by atoms with Crippen molar-refractivity contribution in [2.45, 2.75) is 51.9 Å². The molecule has 1 aromatic heterocycles. The zero-order chi connectivity index (χ0) is 24.8. The highest BCUT2D eigenvalue weighted by Gasteiger charge is 2.24. The fraction of sp³-hybridized carbons (Fsp3) is 0.500. The average Bonchev–Trinajstić information content (AvgIpc) is 3.46. The number of nitrogens with zero attached hydrogens (tertiary/aromatic N) is 3. The van der Waals surface area contributed by atoms with Gasteiger partial charge in [0.05, 0.1) is 11.9 Å². The molecule has 2 saturated heterocycles. The molecule has 0 aliphatic carbocycles. The molecule has 4 N–H and O–H groups in total. The molecule has 4 rings (SSSR count). The second-order valence-electron chi connectivity index (χ2n) is 9.39. The summed E-state index contributed by atoms with van der Waals surface area (Å²) in [5, 5.41) is 6.69. The van der Waals surface area contributed by atoms with Crippen LogP contribution >= 0.6 is 0 Å². The van der Waals surface area contributed by atoms with E-state index in [4.69, 9.17) is 5.73 Å². The highest BCUT2D eigenvalue weighted by atomic mass is 16.2. The number of carbonyl (C=O) groups excluding carboxylic acids is 2. The van der Waals surface area contributed by atoms with Gasteiger partial charge in [-0.05, 0) is 43.4 Å². The quantitative estimate of drug-likeness (QED) is 0.452.